The van der Waals surface area contributed by atoms with Gasteiger partial charge in [0.25, 0.3) is 0 Å². The molecule has 0 atom stereocenters. The Hall–Kier alpha value is -1.77. The van der Waals surface area contributed by atoms with Crippen LogP contribution in [0, 0.1) is 0 Å². The van der Waals surface area contributed by atoms with E-state index in [2.05, 4.69) is 5.32 Å². The predicted molar refractivity (Wildman–Crippen MR) is 48.1 cm³/mol. The molecule has 1 aromatic rings. The van der Waals surface area contributed by atoms with Crippen molar-refractivity contribution in [2.75, 3.05) is 0 Å². The average Bonchev–Trinajstić information content (AvgIpc) is 2.49. The standard InChI is InChI=1S/C10H8NO2/c1-7(12)13-10-3-2-8-5-11-6-9(8)4-10/h2-6H,1H3. The van der Waals surface area contributed by atoms with Crippen LogP contribution in [0.15, 0.2) is 18.2 Å². The Morgan fingerprint density at radius 1 is 1.31 bits per heavy atom. The molecule has 0 saturated carbocycles. The first kappa shape index (κ1) is 7.86. The summed E-state index contributed by atoms with van der Waals surface area (Å²) in [5.74, 6) is 0.256. The van der Waals surface area contributed by atoms with Crippen molar-refractivity contribution in [2.45, 2.75) is 6.92 Å². The molecule has 13 heavy (non-hydrogen) atoms. The Labute approximate surface area is 75.3 Å². The lowest BCUT2D eigenvalue weighted by Gasteiger charge is -1.98. The summed E-state index contributed by atoms with van der Waals surface area (Å²) in [5, 5.41) is 6.02. The van der Waals surface area contributed by atoms with E-state index in [1.165, 1.54) is 6.92 Å². The third-order valence-corrected chi connectivity index (χ3v) is 1.75. The minimum absolute atomic E-state index is 0.307. The van der Waals surface area contributed by atoms with Crippen LogP contribution >= 0.6 is 0 Å². The van der Waals surface area contributed by atoms with Gasteiger partial charge in [0, 0.05) is 29.8 Å². The van der Waals surface area contributed by atoms with Crippen molar-refractivity contribution in [3.63, 3.8) is 0 Å². The number of nitrogens with zero attached hydrogens (tertiary/aromatic N) is 1. The minimum Gasteiger partial charge on any atom is -0.427 e. The molecule has 2 rings (SSSR count). The molecule has 3 heteroatoms. The maximum atomic E-state index is 10.6. The van der Waals surface area contributed by atoms with Gasteiger partial charge in [-0.05, 0) is 18.2 Å². The highest BCUT2D eigenvalue weighted by Gasteiger charge is 1.99. The summed E-state index contributed by atoms with van der Waals surface area (Å²) in [6.07, 6.45) is 3.51. The molecule has 1 heterocycles. The zero-order chi connectivity index (χ0) is 9.26. The second-order valence-electron chi connectivity index (χ2n) is 2.79. The van der Waals surface area contributed by atoms with Gasteiger partial charge in [-0.3, -0.25) is 10.1 Å². The van der Waals surface area contributed by atoms with Gasteiger partial charge in [0.15, 0.2) is 0 Å². The fourth-order valence-electron chi connectivity index (χ4n) is 1.21. The third-order valence-electron chi connectivity index (χ3n) is 1.75. The van der Waals surface area contributed by atoms with Crippen molar-refractivity contribution >= 4 is 18.4 Å². The number of benzene rings is 1. The summed E-state index contributed by atoms with van der Waals surface area (Å²) >= 11 is 0. The molecule has 1 aromatic carbocycles. The van der Waals surface area contributed by atoms with E-state index in [0.29, 0.717) is 5.75 Å². The van der Waals surface area contributed by atoms with Crippen LogP contribution in [0.4, 0.5) is 0 Å². The van der Waals surface area contributed by atoms with E-state index >= 15 is 0 Å². The number of hydrogen-bond acceptors (Lipinski definition) is 2. The Balaban J connectivity index is 2.43. The summed E-state index contributed by atoms with van der Waals surface area (Å²) in [5.41, 5.74) is 0. The van der Waals surface area contributed by atoms with Crippen molar-refractivity contribution in [3.05, 3.63) is 28.6 Å². The monoisotopic (exact) mass is 174 g/mol. The van der Waals surface area contributed by atoms with Gasteiger partial charge < -0.3 is 4.74 Å². The molecule has 0 aliphatic carbocycles. The molecule has 1 aliphatic heterocycles. The van der Waals surface area contributed by atoms with Crippen LogP contribution in [0.5, 0.6) is 5.75 Å². The minimum atomic E-state index is -0.307. The van der Waals surface area contributed by atoms with E-state index in [-0.39, 0.29) is 5.97 Å². The molecule has 0 N–H and O–H groups in total. The summed E-state index contributed by atoms with van der Waals surface area (Å²) in [6, 6.07) is 5.43. The fraction of sp³-hybridized carbons (Fsp3) is 0.100. The topological polar surface area (TPSA) is 40.4 Å². The van der Waals surface area contributed by atoms with Crippen molar-refractivity contribution in [2.24, 2.45) is 0 Å². The molecule has 0 spiro atoms. The van der Waals surface area contributed by atoms with Crippen LogP contribution < -0.4 is 20.5 Å². The first-order valence-corrected chi connectivity index (χ1v) is 3.94. The first-order valence-electron chi connectivity index (χ1n) is 3.94. The zero-order valence-corrected chi connectivity index (χ0v) is 7.15. The first-order chi connectivity index (χ1) is 6.25. The van der Waals surface area contributed by atoms with E-state index in [1.807, 2.05) is 6.07 Å². The molecule has 0 fully saturated rings. The summed E-state index contributed by atoms with van der Waals surface area (Å²) in [7, 11) is 0. The maximum absolute atomic E-state index is 10.6. The van der Waals surface area contributed by atoms with Crippen LogP contribution in [0.3, 0.4) is 0 Å². The normalized spacial score (nSPS) is 12.1. The van der Waals surface area contributed by atoms with E-state index in [0.717, 1.165) is 10.4 Å². The highest BCUT2D eigenvalue weighted by molar-refractivity contribution is 5.69. The molecule has 0 bridgehead atoms. The number of esters is 1. The molecular formula is C10H8NO2. The van der Waals surface area contributed by atoms with Crippen LogP contribution in [-0.2, 0) is 4.79 Å². The largest absolute Gasteiger partial charge is 0.427 e. The predicted octanol–water partition coefficient (Wildman–Crippen LogP) is -0.294. The van der Waals surface area contributed by atoms with E-state index in [4.69, 9.17) is 4.74 Å². The van der Waals surface area contributed by atoms with Crippen molar-refractivity contribution in [3.8, 4) is 5.75 Å². The number of ether oxygens (including phenoxy) is 1. The highest BCUT2D eigenvalue weighted by Crippen LogP contribution is 2.04. The van der Waals surface area contributed by atoms with E-state index in [9.17, 15) is 4.79 Å². The molecule has 65 valence electrons. The molecule has 3 nitrogen and oxygen atoms in total. The maximum Gasteiger partial charge on any atom is 0.308 e. The Bertz CT molecular complexity index is 462. The zero-order valence-electron chi connectivity index (χ0n) is 7.15. The smallest absolute Gasteiger partial charge is 0.308 e. The van der Waals surface area contributed by atoms with Gasteiger partial charge in [0.2, 0.25) is 0 Å². The Kier molecular flexibility index (Phi) is 1.77. The van der Waals surface area contributed by atoms with Crippen molar-refractivity contribution in [1.82, 2.24) is 5.32 Å². The quantitative estimate of drug-likeness (QED) is 0.433. The van der Waals surface area contributed by atoms with Crippen molar-refractivity contribution < 1.29 is 9.53 Å². The van der Waals surface area contributed by atoms with Crippen LogP contribution in [0.2, 0.25) is 0 Å². The van der Waals surface area contributed by atoms with Gasteiger partial charge in [-0.2, -0.15) is 0 Å². The SMILES string of the molecule is CC(=O)Oc1ccc2c(c1)=C[N]C=2. The fourth-order valence-corrected chi connectivity index (χ4v) is 1.21. The van der Waals surface area contributed by atoms with Crippen LogP contribution in [0.1, 0.15) is 6.92 Å². The second-order valence-corrected chi connectivity index (χ2v) is 2.79. The van der Waals surface area contributed by atoms with Gasteiger partial charge in [-0.25, -0.2) is 0 Å². The van der Waals surface area contributed by atoms with Gasteiger partial charge in [-0.1, -0.05) is 0 Å². The molecule has 1 aliphatic rings. The lowest BCUT2D eigenvalue weighted by Crippen LogP contribution is -2.21. The molecule has 0 amide bonds. The average molecular weight is 174 g/mol. The number of rotatable bonds is 1. The van der Waals surface area contributed by atoms with Crippen LogP contribution in [-0.4, -0.2) is 5.97 Å². The molecule has 0 aromatic heterocycles. The number of hydrogen-bond donors (Lipinski definition) is 0. The molecule has 0 unspecified atom stereocenters. The van der Waals surface area contributed by atoms with Gasteiger partial charge in [0.05, 0.1) is 0 Å². The summed E-state index contributed by atoms with van der Waals surface area (Å²) in [4.78, 5) is 10.6. The molecular weight excluding hydrogens is 166 g/mol. The summed E-state index contributed by atoms with van der Waals surface area (Å²) in [6.45, 7) is 1.38. The Morgan fingerprint density at radius 3 is 2.85 bits per heavy atom. The Morgan fingerprint density at radius 2 is 2.08 bits per heavy atom. The van der Waals surface area contributed by atoms with Crippen molar-refractivity contribution in [1.29, 1.82) is 0 Å². The molecule has 1 radical (unpaired) electrons. The lowest BCUT2D eigenvalue weighted by molar-refractivity contribution is -0.131. The summed E-state index contributed by atoms with van der Waals surface area (Å²) < 4.78 is 4.92. The van der Waals surface area contributed by atoms with Gasteiger partial charge >= 0.3 is 5.97 Å². The third kappa shape index (κ3) is 1.54. The van der Waals surface area contributed by atoms with E-state index in [1.54, 1.807) is 24.5 Å². The number of fused-ring (bicyclic) bond motifs is 1. The van der Waals surface area contributed by atoms with Gasteiger partial charge in [0.1, 0.15) is 5.75 Å². The van der Waals surface area contributed by atoms with E-state index < -0.39 is 0 Å². The van der Waals surface area contributed by atoms with Crippen LogP contribution in [0.25, 0.3) is 12.4 Å². The molecule has 0 saturated heterocycles. The lowest BCUT2D eigenvalue weighted by atomic mass is 10.2. The highest BCUT2D eigenvalue weighted by atomic mass is 16.5. The number of carbonyl (C=O) groups is 1. The number of carbonyl (C=O) groups excluding carboxylic acids is 1. The second kappa shape index (κ2) is 2.94. The van der Waals surface area contributed by atoms with Gasteiger partial charge in [-0.15, -0.1) is 0 Å².